The fourth-order valence-corrected chi connectivity index (χ4v) is 1.75. The van der Waals surface area contributed by atoms with Gasteiger partial charge in [-0.1, -0.05) is 13.8 Å². The van der Waals surface area contributed by atoms with E-state index in [4.69, 9.17) is 5.73 Å². The second kappa shape index (κ2) is 3.89. The van der Waals surface area contributed by atoms with E-state index < -0.39 is 0 Å². The zero-order valence-electron chi connectivity index (χ0n) is 9.38. The van der Waals surface area contributed by atoms with Gasteiger partial charge in [-0.25, -0.2) is 4.68 Å². The Labute approximate surface area is 94.3 Å². The van der Waals surface area contributed by atoms with E-state index in [1.807, 2.05) is 12.1 Å². The van der Waals surface area contributed by atoms with E-state index in [1.165, 1.54) is 0 Å². The highest BCUT2D eigenvalue weighted by molar-refractivity contribution is 5.48. The van der Waals surface area contributed by atoms with Gasteiger partial charge in [0.1, 0.15) is 5.75 Å². The molecule has 16 heavy (non-hydrogen) atoms. The van der Waals surface area contributed by atoms with Crippen LogP contribution in [0.15, 0.2) is 30.5 Å². The number of hydrogen-bond acceptors (Lipinski definition) is 3. The smallest absolute Gasteiger partial charge is 0.115 e. The lowest BCUT2D eigenvalue weighted by molar-refractivity contribution is 0.475. The number of rotatable bonds is 2. The number of phenols is 1. The molecule has 0 spiro atoms. The van der Waals surface area contributed by atoms with Crippen molar-refractivity contribution >= 4 is 5.69 Å². The van der Waals surface area contributed by atoms with Crippen LogP contribution < -0.4 is 5.73 Å². The van der Waals surface area contributed by atoms with Gasteiger partial charge < -0.3 is 10.8 Å². The van der Waals surface area contributed by atoms with Crippen molar-refractivity contribution in [3.63, 3.8) is 0 Å². The quantitative estimate of drug-likeness (QED) is 0.811. The molecule has 0 unspecified atom stereocenters. The molecule has 0 saturated carbocycles. The first-order valence-corrected chi connectivity index (χ1v) is 5.22. The van der Waals surface area contributed by atoms with E-state index in [2.05, 4.69) is 18.9 Å². The summed E-state index contributed by atoms with van der Waals surface area (Å²) in [7, 11) is 0. The third-order valence-corrected chi connectivity index (χ3v) is 2.48. The summed E-state index contributed by atoms with van der Waals surface area (Å²) in [5, 5.41) is 13.5. The number of anilines is 1. The molecule has 0 atom stereocenters. The Kier molecular flexibility index (Phi) is 2.56. The summed E-state index contributed by atoms with van der Waals surface area (Å²) in [4.78, 5) is 0. The highest BCUT2D eigenvalue weighted by atomic mass is 16.3. The van der Waals surface area contributed by atoms with E-state index >= 15 is 0 Å². The maximum absolute atomic E-state index is 9.23. The molecule has 0 radical (unpaired) electrons. The van der Waals surface area contributed by atoms with Crippen LogP contribution >= 0.6 is 0 Å². The van der Waals surface area contributed by atoms with Gasteiger partial charge in [-0.2, -0.15) is 5.10 Å². The third kappa shape index (κ3) is 1.74. The molecule has 1 aromatic carbocycles. The maximum Gasteiger partial charge on any atom is 0.115 e. The number of phenolic OH excluding ortho intramolecular Hbond substituents is 1. The monoisotopic (exact) mass is 217 g/mol. The number of nitrogens with two attached hydrogens (primary N) is 1. The Morgan fingerprint density at radius 2 is 1.88 bits per heavy atom. The molecule has 4 nitrogen and oxygen atoms in total. The average Bonchev–Trinajstić information content (AvgIpc) is 2.61. The predicted octanol–water partition coefficient (Wildman–Crippen LogP) is 2.28. The normalized spacial score (nSPS) is 10.9. The molecule has 2 aromatic rings. The van der Waals surface area contributed by atoms with E-state index in [1.54, 1.807) is 23.0 Å². The summed E-state index contributed by atoms with van der Waals surface area (Å²) in [6, 6.07) is 6.90. The SMILES string of the molecule is CC(C)c1c(N)cnn1-c1ccc(O)cc1. The van der Waals surface area contributed by atoms with Gasteiger partial charge in [0.2, 0.25) is 0 Å². The maximum atomic E-state index is 9.23. The van der Waals surface area contributed by atoms with Gasteiger partial charge in [-0.15, -0.1) is 0 Å². The first-order valence-electron chi connectivity index (χ1n) is 5.22. The molecule has 0 amide bonds. The standard InChI is InChI=1S/C12H15N3O/c1-8(2)12-11(13)7-14-15(12)9-3-5-10(16)6-4-9/h3-8,16H,13H2,1-2H3. The zero-order chi connectivity index (χ0) is 11.7. The van der Waals surface area contributed by atoms with E-state index in [-0.39, 0.29) is 5.75 Å². The molecular formula is C12H15N3O. The number of aromatic hydroxyl groups is 1. The van der Waals surface area contributed by atoms with Crippen molar-refractivity contribution in [1.82, 2.24) is 9.78 Å². The van der Waals surface area contributed by atoms with Crippen molar-refractivity contribution in [3.8, 4) is 11.4 Å². The van der Waals surface area contributed by atoms with Gasteiger partial charge in [-0.05, 0) is 30.2 Å². The number of nitrogens with zero attached hydrogens (tertiary/aromatic N) is 2. The van der Waals surface area contributed by atoms with Crippen LogP contribution in [0.3, 0.4) is 0 Å². The fraction of sp³-hybridized carbons (Fsp3) is 0.250. The molecule has 4 heteroatoms. The Hall–Kier alpha value is -1.97. The minimum absolute atomic E-state index is 0.245. The lowest BCUT2D eigenvalue weighted by Gasteiger charge is -2.11. The molecule has 1 heterocycles. The molecule has 2 rings (SSSR count). The van der Waals surface area contributed by atoms with Crippen molar-refractivity contribution in [3.05, 3.63) is 36.2 Å². The van der Waals surface area contributed by atoms with Crippen molar-refractivity contribution in [2.45, 2.75) is 19.8 Å². The Morgan fingerprint density at radius 1 is 1.25 bits per heavy atom. The van der Waals surface area contributed by atoms with E-state index in [9.17, 15) is 5.11 Å². The number of aromatic nitrogens is 2. The van der Waals surface area contributed by atoms with Crippen LogP contribution in [0.5, 0.6) is 5.75 Å². The van der Waals surface area contributed by atoms with Crippen LogP contribution in [0.4, 0.5) is 5.69 Å². The predicted molar refractivity (Wildman–Crippen MR) is 63.7 cm³/mol. The molecule has 84 valence electrons. The van der Waals surface area contributed by atoms with E-state index in [0.29, 0.717) is 11.6 Å². The van der Waals surface area contributed by atoms with Gasteiger partial charge in [0, 0.05) is 0 Å². The Balaban J connectivity index is 2.52. The van der Waals surface area contributed by atoms with Gasteiger partial charge in [-0.3, -0.25) is 0 Å². The van der Waals surface area contributed by atoms with Crippen LogP contribution in [0.25, 0.3) is 5.69 Å². The molecule has 1 aromatic heterocycles. The second-order valence-electron chi connectivity index (χ2n) is 4.07. The minimum atomic E-state index is 0.245. The van der Waals surface area contributed by atoms with Gasteiger partial charge in [0.05, 0.1) is 23.3 Å². The van der Waals surface area contributed by atoms with Crippen molar-refractivity contribution in [1.29, 1.82) is 0 Å². The summed E-state index contributed by atoms with van der Waals surface area (Å²) in [6.45, 7) is 4.15. The molecule has 0 bridgehead atoms. The molecule has 0 fully saturated rings. The lowest BCUT2D eigenvalue weighted by atomic mass is 10.1. The fourth-order valence-electron chi connectivity index (χ4n) is 1.75. The van der Waals surface area contributed by atoms with Crippen LogP contribution in [0, 0.1) is 0 Å². The van der Waals surface area contributed by atoms with Crippen LogP contribution in [-0.2, 0) is 0 Å². The molecule has 0 saturated heterocycles. The van der Waals surface area contributed by atoms with Crippen molar-refractivity contribution in [2.75, 3.05) is 5.73 Å². The van der Waals surface area contributed by atoms with Gasteiger partial charge in [0.15, 0.2) is 0 Å². The number of nitrogen functional groups attached to an aromatic ring is 1. The summed E-state index contributed by atoms with van der Waals surface area (Å²) in [5.41, 5.74) is 8.47. The lowest BCUT2D eigenvalue weighted by Crippen LogP contribution is -2.05. The molecule has 0 aliphatic carbocycles. The first kappa shape index (κ1) is 10.5. The van der Waals surface area contributed by atoms with Crippen molar-refractivity contribution in [2.24, 2.45) is 0 Å². The minimum Gasteiger partial charge on any atom is -0.508 e. The Bertz CT molecular complexity index is 485. The highest BCUT2D eigenvalue weighted by Gasteiger charge is 2.13. The summed E-state index contributed by atoms with van der Waals surface area (Å²) < 4.78 is 1.80. The largest absolute Gasteiger partial charge is 0.508 e. The van der Waals surface area contributed by atoms with Crippen LogP contribution in [-0.4, -0.2) is 14.9 Å². The van der Waals surface area contributed by atoms with Gasteiger partial charge in [0.25, 0.3) is 0 Å². The second-order valence-corrected chi connectivity index (χ2v) is 4.07. The molecule has 0 aliphatic rings. The first-order chi connectivity index (χ1) is 7.59. The van der Waals surface area contributed by atoms with E-state index in [0.717, 1.165) is 11.4 Å². The molecular weight excluding hydrogens is 202 g/mol. The zero-order valence-corrected chi connectivity index (χ0v) is 9.38. The Morgan fingerprint density at radius 3 is 2.44 bits per heavy atom. The number of benzene rings is 1. The number of hydrogen-bond donors (Lipinski definition) is 2. The third-order valence-electron chi connectivity index (χ3n) is 2.48. The summed E-state index contributed by atoms with van der Waals surface area (Å²) in [5.74, 6) is 0.547. The molecule has 0 aliphatic heterocycles. The van der Waals surface area contributed by atoms with Crippen LogP contribution in [0.2, 0.25) is 0 Å². The average molecular weight is 217 g/mol. The molecule has 3 N–H and O–H groups in total. The van der Waals surface area contributed by atoms with Gasteiger partial charge >= 0.3 is 0 Å². The topological polar surface area (TPSA) is 64.1 Å². The summed E-state index contributed by atoms with van der Waals surface area (Å²) in [6.07, 6.45) is 1.65. The van der Waals surface area contributed by atoms with Crippen molar-refractivity contribution < 1.29 is 5.11 Å². The highest BCUT2D eigenvalue weighted by Crippen LogP contribution is 2.25. The van der Waals surface area contributed by atoms with Crippen LogP contribution in [0.1, 0.15) is 25.5 Å². The summed E-state index contributed by atoms with van der Waals surface area (Å²) >= 11 is 0.